The largest absolute Gasteiger partial charge is 0.158 e. The second kappa shape index (κ2) is 12.3. The molecule has 2 aromatic heterocycles. The molecule has 8 rings (SSSR count). The molecule has 8 aromatic rings. The summed E-state index contributed by atoms with van der Waals surface area (Å²) in [5, 5.41) is 28.7. The van der Waals surface area contributed by atoms with Crippen LogP contribution in [0, 0.1) is 0 Å². The number of hydrogen-bond donors (Lipinski definition) is 0. The summed E-state index contributed by atoms with van der Waals surface area (Å²) >= 11 is 0. The van der Waals surface area contributed by atoms with Crippen molar-refractivity contribution in [1.82, 2.24) is 20.4 Å². The van der Waals surface area contributed by atoms with E-state index in [1.54, 1.807) is 0 Å². The molecule has 0 saturated heterocycles. The molecule has 0 amide bonds. The number of benzene rings is 6. The van der Waals surface area contributed by atoms with Crippen molar-refractivity contribution < 1.29 is 0 Å². The molecule has 0 saturated carbocycles. The summed E-state index contributed by atoms with van der Waals surface area (Å²) in [6, 6.07) is 51.8. The molecule has 0 radical (unpaired) electrons. The standard InChI is InChI=1S/C42H32N4P2/c1-47(33-15-7-3-8-16-33,34-17-9-4-10-18-34)39-25-23-31-27-43-45-29-37(31)41(39)42-38-30-46-44-28-32(38)24-26-40(42)48(2,35-19-11-5-12-20-35)36-21-13-6-14-22-36/h3-30H,1-2H2. The first-order chi connectivity index (χ1) is 23.6. The van der Waals surface area contributed by atoms with Gasteiger partial charge in [-0.1, -0.05) is 158 Å². The number of nitrogens with zero attached hydrogens (tertiary/aromatic N) is 4. The Balaban J connectivity index is 1.59. The highest BCUT2D eigenvalue weighted by Gasteiger charge is 2.32. The monoisotopic (exact) mass is 654 g/mol. The number of fused-ring (bicyclic) bond motifs is 2. The van der Waals surface area contributed by atoms with Crippen LogP contribution in [0.15, 0.2) is 170 Å². The van der Waals surface area contributed by atoms with Crippen LogP contribution in [0.4, 0.5) is 0 Å². The van der Waals surface area contributed by atoms with Crippen LogP contribution in [0.25, 0.3) is 32.7 Å². The Labute approximate surface area is 280 Å². The number of rotatable bonds is 7. The highest BCUT2D eigenvalue weighted by atomic mass is 31.2. The van der Waals surface area contributed by atoms with Gasteiger partial charge >= 0.3 is 0 Å². The van der Waals surface area contributed by atoms with Crippen LogP contribution in [-0.2, 0) is 0 Å². The lowest BCUT2D eigenvalue weighted by Gasteiger charge is -2.33. The van der Waals surface area contributed by atoms with Gasteiger partial charge in [-0.05, 0) is 45.6 Å². The van der Waals surface area contributed by atoms with Crippen molar-refractivity contribution in [2.75, 3.05) is 0 Å². The molecular weight excluding hydrogens is 622 g/mol. The quantitative estimate of drug-likeness (QED) is 0.180. The van der Waals surface area contributed by atoms with Crippen molar-refractivity contribution in [3.63, 3.8) is 0 Å². The maximum atomic E-state index is 5.20. The molecule has 0 N–H and O–H groups in total. The van der Waals surface area contributed by atoms with Crippen LogP contribution < -0.4 is 31.8 Å². The van der Waals surface area contributed by atoms with Gasteiger partial charge in [-0.25, -0.2) is 0 Å². The molecule has 0 unspecified atom stereocenters. The van der Waals surface area contributed by atoms with Gasteiger partial charge in [0.05, 0.1) is 24.8 Å². The summed E-state index contributed by atoms with van der Waals surface area (Å²) in [6.07, 6.45) is 17.9. The fourth-order valence-electron chi connectivity index (χ4n) is 6.87. The highest BCUT2D eigenvalue weighted by molar-refractivity contribution is 7.94. The van der Waals surface area contributed by atoms with Crippen molar-refractivity contribution >= 4 is 79.7 Å². The SMILES string of the molecule is C=P(c1ccccc1)(c1ccccc1)c1ccc2cnncc2c1-c1c(P(=C)(c2ccccc2)c2ccccc2)ccc2cnncc12. The van der Waals surface area contributed by atoms with Crippen LogP contribution in [0.3, 0.4) is 0 Å². The zero-order valence-corrected chi connectivity index (χ0v) is 28.1. The summed E-state index contributed by atoms with van der Waals surface area (Å²) in [5.74, 6) is 0. The molecule has 0 fully saturated rings. The van der Waals surface area contributed by atoms with Crippen LogP contribution in [0.5, 0.6) is 0 Å². The minimum absolute atomic E-state index is 1.01. The minimum Gasteiger partial charge on any atom is -0.158 e. The van der Waals surface area contributed by atoms with E-state index in [-0.39, 0.29) is 0 Å². The van der Waals surface area contributed by atoms with E-state index >= 15 is 0 Å². The normalized spacial score (nSPS) is 11.9. The molecule has 230 valence electrons. The summed E-state index contributed by atoms with van der Waals surface area (Å²) in [4.78, 5) is 0. The van der Waals surface area contributed by atoms with Gasteiger partial charge in [0, 0.05) is 32.7 Å². The topological polar surface area (TPSA) is 51.6 Å². The Kier molecular flexibility index (Phi) is 7.69. The molecule has 0 aliphatic carbocycles. The number of aromatic nitrogens is 4. The molecule has 2 heterocycles. The second-order valence-corrected chi connectivity index (χ2v) is 18.1. The molecule has 0 atom stereocenters. The molecule has 4 nitrogen and oxygen atoms in total. The Hall–Kier alpha value is -5.40. The lowest BCUT2D eigenvalue weighted by molar-refractivity contribution is 1.05. The van der Waals surface area contributed by atoms with E-state index in [0.29, 0.717) is 0 Å². The molecular formula is C42H32N4P2. The second-order valence-electron chi connectivity index (χ2n) is 11.9. The van der Waals surface area contributed by atoms with Crippen molar-refractivity contribution in [3.8, 4) is 11.1 Å². The first kappa shape index (κ1) is 30.0. The van der Waals surface area contributed by atoms with E-state index in [0.717, 1.165) is 32.7 Å². The summed E-state index contributed by atoms with van der Waals surface area (Å²) in [7, 11) is 0. The van der Waals surface area contributed by atoms with Crippen molar-refractivity contribution in [3.05, 3.63) is 170 Å². The highest BCUT2D eigenvalue weighted by Crippen LogP contribution is 2.51. The Morgan fingerprint density at radius 3 is 0.938 bits per heavy atom. The molecule has 48 heavy (non-hydrogen) atoms. The zero-order valence-electron chi connectivity index (χ0n) is 26.3. The first-order valence-electron chi connectivity index (χ1n) is 15.8. The van der Waals surface area contributed by atoms with E-state index in [9.17, 15) is 0 Å². The molecule has 0 spiro atoms. The van der Waals surface area contributed by atoms with Gasteiger partial charge in [0.2, 0.25) is 0 Å². The predicted octanol–water partition coefficient (Wildman–Crippen LogP) is 6.69. The maximum absolute atomic E-state index is 5.20. The predicted molar refractivity (Wildman–Crippen MR) is 210 cm³/mol. The van der Waals surface area contributed by atoms with E-state index in [1.165, 1.54) is 31.8 Å². The van der Waals surface area contributed by atoms with Crippen molar-refractivity contribution in [1.29, 1.82) is 0 Å². The van der Waals surface area contributed by atoms with Crippen molar-refractivity contribution in [2.24, 2.45) is 0 Å². The molecule has 6 heteroatoms. The average molecular weight is 655 g/mol. The van der Waals surface area contributed by atoms with Crippen LogP contribution in [0.1, 0.15) is 0 Å². The van der Waals surface area contributed by atoms with Gasteiger partial charge < -0.3 is 0 Å². The van der Waals surface area contributed by atoms with Crippen LogP contribution >= 0.6 is 13.8 Å². The zero-order chi connectivity index (χ0) is 32.6. The minimum atomic E-state index is -2.47. The van der Waals surface area contributed by atoms with Gasteiger partial charge in [-0.3, -0.25) is 0 Å². The Morgan fingerprint density at radius 1 is 0.333 bits per heavy atom. The first-order valence-corrected chi connectivity index (χ1v) is 19.7. The van der Waals surface area contributed by atoms with Crippen molar-refractivity contribution in [2.45, 2.75) is 0 Å². The lowest BCUT2D eigenvalue weighted by atomic mass is 9.96. The van der Waals surface area contributed by atoms with Crippen LogP contribution in [-0.4, -0.2) is 33.0 Å². The average Bonchev–Trinajstić information content (AvgIpc) is 3.18. The summed E-state index contributed by atoms with van der Waals surface area (Å²) in [6.45, 7) is -4.94. The molecule has 0 bridgehead atoms. The fourth-order valence-corrected chi connectivity index (χ4v) is 13.2. The molecule has 0 aliphatic heterocycles. The van der Waals surface area contributed by atoms with Gasteiger partial charge in [0.1, 0.15) is 0 Å². The summed E-state index contributed by atoms with van der Waals surface area (Å²) in [5.41, 5.74) is 2.18. The lowest BCUT2D eigenvalue weighted by Crippen LogP contribution is -2.30. The van der Waals surface area contributed by atoms with E-state index in [4.69, 9.17) is 12.6 Å². The smallest absolute Gasteiger partial charge is 0.0581 e. The number of hydrogen-bond acceptors (Lipinski definition) is 4. The van der Waals surface area contributed by atoms with Crippen LogP contribution in [0.2, 0.25) is 0 Å². The van der Waals surface area contributed by atoms with Gasteiger partial charge in [-0.15, -0.1) is 0 Å². The van der Waals surface area contributed by atoms with Gasteiger partial charge in [0.25, 0.3) is 0 Å². The van der Waals surface area contributed by atoms with E-state index in [1.807, 2.05) is 24.8 Å². The Bertz CT molecular complexity index is 2240. The Morgan fingerprint density at radius 2 is 0.625 bits per heavy atom. The van der Waals surface area contributed by atoms with E-state index < -0.39 is 13.8 Å². The van der Waals surface area contributed by atoms with Gasteiger partial charge in [0.15, 0.2) is 0 Å². The molecule has 0 aliphatic rings. The third-order valence-electron chi connectivity index (χ3n) is 9.28. The fraction of sp³-hybridized carbons (Fsp3) is 0. The van der Waals surface area contributed by atoms with E-state index in [2.05, 4.69) is 166 Å². The summed E-state index contributed by atoms with van der Waals surface area (Å²) < 4.78 is 0. The third kappa shape index (κ3) is 4.85. The maximum Gasteiger partial charge on any atom is 0.0581 e. The molecule has 6 aromatic carbocycles. The third-order valence-corrected chi connectivity index (χ3v) is 16.4. The van der Waals surface area contributed by atoms with Gasteiger partial charge in [-0.2, -0.15) is 20.4 Å².